The van der Waals surface area contributed by atoms with Crippen LogP contribution in [0, 0.1) is 13.8 Å². The van der Waals surface area contributed by atoms with Crippen molar-refractivity contribution in [3.05, 3.63) is 17.3 Å². The third-order valence-corrected chi connectivity index (χ3v) is 1.16. The average Bonchev–Trinajstić information content (AvgIpc) is 2.33. The molecule has 5 heteroatoms. The van der Waals surface area contributed by atoms with Crippen LogP contribution in [0.2, 0.25) is 0 Å². The van der Waals surface area contributed by atoms with Gasteiger partial charge in [-0.1, -0.05) is 13.8 Å². The molecule has 0 saturated carbocycles. The van der Waals surface area contributed by atoms with E-state index in [9.17, 15) is 13.2 Å². The van der Waals surface area contributed by atoms with Crippen molar-refractivity contribution >= 4 is 0 Å². The number of aryl methyl sites for hydroxylation is 2. The third kappa shape index (κ3) is 3.08. The molecule has 0 aromatic carbocycles. The van der Waals surface area contributed by atoms with Gasteiger partial charge in [0.2, 0.25) is 5.76 Å². The van der Waals surface area contributed by atoms with Crippen LogP contribution in [0.15, 0.2) is 4.42 Å². The van der Waals surface area contributed by atoms with Gasteiger partial charge in [0, 0.05) is 6.92 Å². The third-order valence-electron chi connectivity index (χ3n) is 1.16. The second-order valence-electron chi connectivity index (χ2n) is 2.15. The van der Waals surface area contributed by atoms with E-state index in [0.717, 1.165) is 0 Å². The fourth-order valence-electron chi connectivity index (χ4n) is 0.794. The van der Waals surface area contributed by atoms with E-state index in [1.807, 2.05) is 13.8 Å². The minimum Gasteiger partial charge on any atom is -0.436 e. The summed E-state index contributed by atoms with van der Waals surface area (Å²) in [6.45, 7) is 6.64. The Hall–Kier alpha value is -1.00. The van der Waals surface area contributed by atoms with Gasteiger partial charge in [0.05, 0.1) is 5.69 Å². The van der Waals surface area contributed by atoms with Gasteiger partial charge in [-0.15, -0.1) is 0 Å². The highest BCUT2D eigenvalue weighted by atomic mass is 19.4. The van der Waals surface area contributed by atoms with E-state index in [4.69, 9.17) is 0 Å². The summed E-state index contributed by atoms with van der Waals surface area (Å²) in [6, 6.07) is 0. The zero-order chi connectivity index (χ0) is 10.6. The van der Waals surface area contributed by atoms with Crippen molar-refractivity contribution in [2.45, 2.75) is 33.9 Å². The minimum atomic E-state index is -4.43. The van der Waals surface area contributed by atoms with Crippen LogP contribution in [0.1, 0.15) is 31.2 Å². The van der Waals surface area contributed by atoms with E-state index < -0.39 is 11.9 Å². The van der Waals surface area contributed by atoms with Gasteiger partial charge in [0.25, 0.3) is 0 Å². The summed E-state index contributed by atoms with van der Waals surface area (Å²) in [5.41, 5.74) is -0.116. The molecule has 0 aliphatic heterocycles. The standard InChI is InChI=1S/C6H6F3NO.C2H6/c1-3-5(6(7,8)9)11-4(2)10-3;1-2/h1-2H3;1-2H3. The van der Waals surface area contributed by atoms with Crippen LogP contribution in [0.4, 0.5) is 13.2 Å². The monoisotopic (exact) mass is 195 g/mol. The topological polar surface area (TPSA) is 26.0 Å². The van der Waals surface area contributed by atoms with Gasteiger partial charge in [-0.05, 0) is 6.92 Å². The summed E-state index contributed by atoms with van der Waals surface area (Å²) >= 11 is 0. The molecular formula is C8H12F3NO. The van der Waals surface area contributed by atoms with Crippen molar-refractivity contribution in [1.29, 1.82) is 0 Å². The van der Waals surface area contributed by atoms with Gasteiger partial charge in [-0.3, -0.25) is 0 Å². The number of aromatic nitrogens is 1. The SMILES string of the molecule is CC.Cc1nc(C)c(C(F)(F)F)o1. The zero-order valence-electron chi connectivity index (χ0n) is 7.99. The Labute approximate surface area is 74.8 Å². The highest BCUT2D eigenvalue weighted by molar-refractivity contribution is 5.10. The molecule has 13 heavy (non-hydrogen) atoms. The van der Waals surface area contributed by atoms with E-state index >= 15 is 0 Å². The maximum Gasteiger partial charge on any atom is 0.451 e. The molecule has 0 aliphatic carbocycles. The Kier molecular flexibility index (Phi) is 3.97. The zero-order valence-corrected chi connectivity index (χ0v) is 7.99. The molecule has 1 rings (SSSR count). The maximum absolute atomic E-state index is 11.9. The molecule has 1 aromatic rings. The van der Waals surface area contributed by atoms with Crippen molar-refractivity contribution < 1.29 is 17.6 Å². The summed E-state index contributed by atoms with van der Waals surface area (Å²) in [5.74, 6) is -0.968. The summed E-state index contributed by atoms with van der Waals surface area (Å²) in [6.07, 6.45) is -4.43. The maximum atomic E-state index is 11.9. The molecule has 0 bridgehead atoms. The van der Waals surface area contributed by atoms with E-state index in [-0.39, 0.29) is 11.6 Å². The molecule has 0 atom stereocenters. The average molecular weight is 195 g/mol. The lowest BCUT2D eigenvalue weighted by Gasteiger charge is -2.00. The second kappa shape index (κ2) is 4.30. The number of alkyl halides is 3. The van der Waals surface area contributed by atoms with E-state index in [1.54, 1.807) is 0 Å². The second-order valence-corrected chi connectivity index (χ2v) is 2.15. The molecule has 1 heterocycles. The lowest BCUT2D eigenvalue weighted by Crippen LogP contribution is -2.04. The molecule has 2 nitrogen and oxygen atoms in total. The largest absolute Gasteiger partial charge is 0.451 e. The predicted molar refractivity (Wildman–Crippen MR) is 42.3 cm³/mol. The van der Waals surface area contributed by atoms with Crippen molar-refractivity contribution in [1.82, 2.24) is 4.98 Å². The first-order chi connectivity index (χ1) is 5.91. The number of oxazole rings is 1. The molecule has 1 aromatic heterocycles. The number of hydrogen-bond donors (Lipinski definition) is 0. The van der Waals surface area contributed by atoms with E-state index in [2.05, 4.69) is 9.40 Å². The molecule has 0 radical (unpaired) electrons. The van der Waals surface area contributed by atoms with Crippen molar-refractivity contribution in [2.75, 3.05) is 0 Å². The molecule has 0 fully saturated rings. The minimum absolute atomic E-state index is 0.0369. The Morgan fingerprint density at radius 2 is 1.62 bits per heavy atom. The lowest BCUT2D eigenvalue weighted by molar-refractivity contribution is -0.153. The molecule has 0 aliphatic rings. The van der Waals surface area contributed by atoms with Gasteiger partial charge >= 0.3 is 6.18 Å². The van der Waals surface area contributed by atoms with Crippen LogP contribution in [0.3, 0.4) is 0 Å². The first-order valence-corrected chi connectivity index (χ1v) is 3.92. The molecule has 0 spiro atoms. The Bertz CT molecular complexity index is 265. The van der Waals surface area contributed by atoms with Crippen LogP contribution < -0.4 is 0 Å². The summed E-state index contributed by atoms with van der Waals surface area (Å²) in [5, 5.41) is 0. The van der Waals surface area contributed by atoms with Gasteiger partial charge in [-0.2, -0.15) is 13.2 Å². The fourth-order valence-corrected chi connectivity index (χ4v) is 0.794. The van der Waals surface area contributed by atoms with Crippen molar-refractivity contribution in [2.24, 2.45) is 0 Å². The van der Waals surface area contributed by atoms with Crippen molar-refractivity contribution in [3.63, 3.8) is 0 Å². The smallest absolute Gasteiger partial charge is 0.436 e. The molecule has 0 amide bonds. The Morgan fingerprint density at radius 3 is 1.77 bits per heavy atom. The number of rotatable bonds is 0. The fraction of sp³-hybridized carbons (Fsp3) is 0.625. The molecule has 76 valence electrons. The van der Waals surface area contributed by atoms with Gasteiger partial charge < -0.3 is 4.42 Å². The van der Waals surface area contributed by atoms with Gasteiger partial charge in [-0.25, -0.2) is 4.98 Å². The molecule has 0 saturated heterocycles. The van der Waals surface area contributed by atoms with Crippen LogP contribution in [0.5, 0.6) is 0 Å². The van der Waals surface area contributed by atoms with Crippen molar-refractivity contribution in [3.8, 4) is 0 Å². The normalized spacial score (nSPS) is 10.7. The summed E-state index contributed by atoms with van der Waals surface area (Å²) < 4.78 is 40.1. The Balaban J connectivity index is 0.000000671. The molecule has 0 N–H and O–H groups in total. The van der Waals surface area contributed by atoms with Gasteiger partial charge in [0.15, 0.2) is 5.89 Å². The Morgan fingerprint density at radius 1 is 1.15 bits per heavy atom. The summed E-state index contributed by atoms with van der Waals surface area (Å²) in [4.78, 5) is 3.49. The summed E-state index contributed by atoms with van der Waals surface area (Å²) in [7, 11) is 0. The highest BCUT2D eigenvalue weighted by Gasteiger charge is 2.37. The first-order valence-electron chi connectivity index (χ1n) is 3.92. The predicted octanol–water partition coefficient (Wildman–Crippen LogP) is 3.34. The molecule has 0 unspecified atom stereocenters. The van der Waals surface area contributed by atoms with Crippen LogP contribution in [0.25, 0.3) is 0 Å². The number of halogens is 3. The van der Waals surface area contributed by atoms with E-state index in [0.29, 0.717) is 0 Å². The number of hydrogen-bond acceptors (Lipinski definition) is 2. The van der Waals surface area contributed by atoms with Gasteiger partial charge in [0.1, 0.15) is 0 Å². The highest BCUT2D eigenvalue weighted by Crippen LogP contribution is 2.31. The quantitative estimate of drug-likeness (QED) is 0.634. The van der Waals surface area contributed by atoms with Crippen LogP contribution in [-0.4, -0.2) is 4.98 Å². The molecular weight excluding hydrogens is 183 g/mol. The van der Waals surface area contributed by atoms with E-state index in [1.165, 1.54) is 13.8 Å². The lowest BCUT2D eigenvalue weighted by atomic mass is 10.4. The van der Waals surface area contributed by atoms with Crippen LogP contribution in [-0.2, 0) is 6.18 Å². The van der Waals surface area contributed by atoms with Crippen LogP contribution >= 0.6 is 0 Å². The first kappa shape index (κ1) is 12.0. The number of nitrogens with zero attached hydrogens (tertiary/aromatic N) is 1.